The van der Waals surface area contributed by atoms with Crippen LogP contribution < -0.4 is 10.2 Å². The Bertz CT molecular complexity index is 682. The first-order valence-electron chi connectivity index (χ1n) is 7.66. The minimum Gasteiger partial charge on any atom is -0.456 e. The van der Waals surface area contributed by atoms with Crippen molar-refractivity contribution in [2.45, 2.75) is 38.9 Å². The van der Waals surface area contributed by atoms with Crippen LogP contribution in [0.25, 0.3) is 0 Å². The topological polar surface area (TPSA) is 27.7 Å². The van der Waals surface area contributed by atoms with Gasteiger partial charge in [-0.25, -0.2) is 0 Å². The molecule has 0 bridgehead atoms. The van der Waals surface area contributed by atoms with E-state index >= 15 is 0 Å². The summed E-state index contributed by atoms with van der Waals surface area (Å²) in [6.45, 7) is 8.17. The van der Waals surface area contributed by atoms with Crippen LogP contribution in [0.5, 0.6) is 11.5 Å². The molecular formula is C18H20BClO3. The lowest BCUT2D eigenvalue weighted by molar-refractivity contribution is 0.00578. The molecule has 3 rings (SSSR count). The highest BCUT2D eigenvalue weighted by Gasteiger charge is 2.51. The highest BCUT2D eigenvalue weighted by molar-refractivity contribution is 6.62. The smallest absolute Gasteiger partial charge is 0.456 e. The molecule has 1 saturated heterocycles. The van der Waals surface area contributed by atoms with E-state index in [1.165, 1.54) is 0 Å². The molecular weight excluding hydrogens is 310 g/mol. The minimum absolute atomic E-state index is 0.343. The fourth-order valence-electron chi connectivity index (χ4n) is 2.33. The summed E-state index contributed by atoms with van der Waals surface area (Å²) in [7, 11) is -0.366. The summed E-state index contributed by atoms with van der Waals surface area (Å²) in [5.74, 6) is 1.36. The van der Waals surface area contributed by atoms with E-state index in [1.54, 1.807) is 6.07 Å². The van der Waals surface area contributed by atoms with Gasteiger partial charge in [0.1, 0.15) is 11.5 Å². The van der Waals surface area contributed by atoms with E-state index < -0.39 is 0 Å². The highest BCUT2D eigenvalue weighted by Crippen LogP contribution is 2.36. The van der Waals surface area contributed by atoms with Crippen molar-refractivity contribution in [2.75, 3.05) is 0 Å². The molecule has 120 valence electrons. The van der Waals surface area contributed by atoms with Crippen LogP contribution in [0.4, 0.5) is 0 Å². The normalized spacial score (nSPS) is 18.9. The fourth-order valence-corrected chi connectivity index (χ4v) is 2.50. The number of rotatable bonds is 3. The highest BCUT2D eigenvalue weighted by atomic mass is 35.5. The van der Waals surface area contributed by atoms with E-state index in [2.05, 4.69) is 0 Å². The van der Waals surface area contributed by atoms with Gasteiger partial charge in [-0.2, -0.15) is 0 Å². The first-order valence-corrected chi connectivity index (χ1v) is 8.04. The zero-order valence-electron chi connectivity index (χ0n) is 13.8. The molecule has 2 aromatic rings. The summed E-state index contributed by atoms with van der Waals surface area (Å²) in [6, 6.07) is 15.1. The van der Waals surface area contributed by atoms with Crippen LogP contribution >= 0.6 is 11.6 Å². The molecule has 0 radical (unpaired) electrons. The molecule has 0 aromatic heterocycles. The van der Waals surface area contributed by atoms with Crippen molar-refractivity contribution >= 4 is 24.2 Å². The second-order valence-electron chi connectivity index (χ2n) is 6.69. The van der Waals surface area contributed by atoms with Gasteiger partial charge in [-0.05, 0) is 57.4 Å². The number of hydrogen-bond acceptors (Lipinski definition) is 3. The van der Waals surface area contributed by atoms with Crippen molar-refractivity contribution in [3.05, 3.63) is 53.6 Å². The Labute approximate surface area is 142 Å². The molecule has 3 nitrogen and oxygen atoms in total. The summed E-state index contributed by atoms with van der Waals surface area (Å²) < 4.78 is 17.9. The van der Waals surface area contributed by atoms with Crippen LogP contribution in [0.1, 0.15) is 27.7 Å². The van der Waals surface area contributed by atoms with Gasteiger partial charge in [0.15, 0.2) is 0 Å². The lowest BCUT2D eigenvalue weighted by Gasteiger charge is -2.32. The molecule has 1 aliphatic heterocycles. The second kappa shape index (κ2) is 5.86. The number of ether oxygens (including phenoxy) is 1. The average Bonchev–Trinajstić information content (AvgIpc) is 2.71. The molecule has 0 aliphatic carbocycles. The van der Waals surface area contributed by atoms with E-state index in [4.69, 9.17) is 25.6 Å². The average molecular weight is 331 g/mol. The summed E-state index contributed by atoms with van der Waals surface area (Å²) in [5, 5.41) is 0.586. The largest absolute Gasteiger partial charge is 0.494 e. The zero-order valence-corrected chi connectivity index (χ0v) is 14.6. The van der Waals surface area contributed by atoms with Crippen molar-refractivity contribution in [3.63, 3.8) is 0 Å². The van der Waals surface area contributed by atoms with Crippen LogP contribution in [0, 0.1) is 0 Å². The quantitative estimate of drug-likeness (QED) is 0.779. The molecule has 1 fully saturated rings. The lowest BCUT2D eigenvalue weighted by Crippen LogP contribution is -2.41. The number of hydrogen-bond donors (Lipinski definition) is 0. The molecule has 1 heterocycles. The Balaban J connectivity index is 1.75. The summed E-state index contributed by atoms with van der Waals surface area (Å²) >= 11 is 6.11. The van der Waals surface area contributed by atoms with Gasteiger partial charge in [0.2, 0.25) is 0 Å². The predicted molar refractivity (Wildman–Crippen MR) is 93.7 cm³/mol. The Morgan fingerprint density at radius 2 is 1.43 bits per heavy atom. The van der Waals surface area contributed by atoms with Crippen molar-refractivity contribution in [3.8, 4) is 11.5 Å². The third-order valence-electron chi connectivity index (χ3n) is 4.47. The van der Waals surface area contributed by atoms with Crippen LogP contribution in [-0.4, -0.2) is 18.3 Å². The van der Waals surface area contributed by atoms with E-state index in [9.17, 15) is 0 Å². The van der Waals surface area contributed by atoms with Gasteiger partial charge in [0, 0.05) is 0 Å². The van der Waals surface area contributed by atoms with Crippen molar-refractivity contribution in [1.82, 2.24) is 0 Å². The van der Waals surface area contributed by atoms with Crippen LogP contribution in [0.3, 0.4) is 0 Å². The van der Waals surface area contributed by atoms with Crippen molar-refractivity contribution in [2.24, 2.45) is 0 Å². The van der Waals surface area contributed by atoms with Crippen LogP contribution in [0.2, 0.25) is 5.02 Å². The van der Waals surface area contributed by atoms with Crippen LogP contribution in [0.15, 0.2) is 48.5 Å². The SMILES string of the molecule is CC1(C)OB(c2ccc(Oc3ccccc3Cl)cc2)OC1(C)C. The van der Waals surface area contributed by atoms with E-state index in [1.807, 2.05) is 70.2 Å². The van der Waals surface area contributed by atoms with Gasteiger partial charge in [-0.3, -0.25) is 0 Å². The molecule has 23 heavy (non-hydrogen) atoms. The van der Waals surface area contributed by atoms with Crippen molar-refractivity contribution < 1.29 is 14.0 Å². The van der Waals surface area contributed by atoms with Gasteiger partial charge >= 0.3 is 7.12 Å². The third kappa shape index (κ3) is 3.25. The molecule has 1 aliphatic rings. The van der Waals surface area contributed by atoms with Crippen LogP contribution in [-0.2, 0) is 9.31 Å². The predicted octanol–water partition coefficient (Wildman–Crippen LogP) is 4.43. The summed E-state index contributed by atoms with van der Waals surface area (Å²) in [4.78, 5) is 0. The van der Waals surface area contributed by atoms with E-state index in [0.717, 1.165) is 11.2 Å². The third-order valence-corrected chi connectivity index (χ3v) is 4.78. The van der Waals surface area contributed by atoms with Gasteiger partial charge < -0.3 is 14.0 Å². The Morgan fingerprint density at radius 1 is 0.870 bits per heavy atom. The van der Waals surface area contributed by atoms with Gasteiger partial charge in [-0.15, -0.1) is 0 Å². The van der Waals surface area contributed by atoms with Crippen molar-refractivity contribution in [1.29, 1.82) is 0 Å². The minimum atomic E-state index is -0.366. The monoisotopic (exact) mass is 330 g/mol. The maximum atomic E-state index is 6.11. The molecule has 0 spiro atoms. The second-order valence-corrected chi connectivity index (χ2v) is 7.10. The molecule has 0 amide bonds. The lowest BCUT2D eigenvalue weighted by atomic mass is 9.79. The standard InChI is InChI=1S/C18H20BClO3/c1-17(2)18(3,4)23-19(22-17)13-9-11-14(12-10-13)21-16-8-6-5-7-15(16)20/h5-12H,1-4H3. The van der Waals surface area contributed by atoms with E-state index in [-0.39, 0.29) is 18.3 Å². The Morgan fingerprint density at radius 3 is 2.00 bits per heavy atom. The molecule has 0 N–H and O–H groups in total. The first-order chi connectivity index (χ1) is 10.8. The zero-order chi connectivity index (χ0) is 16.7. The summed E-state index contributed by atoms with van der Waals surface area (Å²) in [5.41, 5.74) is 0.282. The first kappa shape index (κ1) is 16.4. The summed E-state index contributed by atoms with van der Waals surface area (Å²) in [6.07, 6.45) is 0. The number of para-hydroxylation sites is 1. The van der Waals surface area contributed by atoms with Gasteiger partial charge in [0.25, 0.3) is 0 Å². The van der Waals surface area contributed by atoms with Gasteiger partial charge in [-0.1, -0.05) is 35.9 Å². The molecule has 0 atom stereocenters. The number of benzene rings is 2. The molecule has 5 heteroatoms. The van der Waals surface area contributed by atoms with Gasteiger partial charge in [0.05, 0.1) is 16.2 Å². The Hall–Kier alpha value is -1.49. The fraction of sp³-hybridized carbons (Fsp3) is 0.333. The molecule has 0 unspecified atom stereocenters. The maximum Gasteiger partial charge on any atom is 0.494 e. The maximum absolute atomic E-state index is 6.11. The molecule has 0 saturated carbocycles. The van der Waals surface area contributed by atoms with E-state index in [0.29, 0.717) is 10.8 Å². The number of halogens is 1. The molecule has 2 aromatic carbocycles. The Kier molecular flexibility index (Phi) is 4.17.